The predicted molar refractivity (Wildman–Crippen MR) is 78.6 cm³/mol. The second kappa shape index (κ2) is 6.61. The summed E-state index contributed by atoms with van der Waals surface area (Å²) in [5.41, 5.74) is 8.26. The standard InChI is InChI=1S/C15H14BrFN2O/c16-11-5-3-4-10(8-11)14(19-18)9-13(17)12-6-1-2-7-15(12)20/h1-8,13-14,18,20H,9H2. The van der Waals surface area contributed by atoms with Crippen LogP contribution in [-0.2, 0) is 0 Å². The Labute approximate surface area is 125 Å². The molecule has 2 unspecified atom stereocenters. The zero-order valence-electron chi connectivity index (χ0n) is 10.6. The van der Waals surface area contributed by atoms with E-state index in [-0.39, 0.29) is 17.7 Å². The number of aromatic hydroxyl groups is 1. The minimum Gasteiger partial charge on any atom is -0.508 e. The highest BCUT2D eigenvalue weighted by molar-refractivity contribution is 9.10. The van der Waals surface area contributed by atoms with Gasteiger partial charge < -0.3 is 5.11 Å². The van der Waals surface area contributed by atoms with Crippen molar-refractivity contribution in [3.05, 3.63) is 64.1 Å². The van der Waals surface area contributed by atoms with Gasteiger partial charge in [-0.25, -0.2) is 9.92 Å². The Morgan fingerprint density at radius 2 is 1.95 bits per heavy atom. The molecule has 5 heteroatoms. The second-order valence-electron chi connectivity index (χ2n) is 4.46. The number of hydrogen-bond donors (Lipinski definition) is 2. The Morgan fingerprint density at radius 3 is 2.60 bits per heavy atom. The van der Waals surface area contributed by atoms with Crippen LogP contribution in [0.1, 0.15) is 29.8 Å². The van der Waals surface area contributed by atoms with Crippen molar-refractivity contribution in [2.75, 3.05) is 0 Å². The zero-order valence-corrected chi connectivity index (χ0v) is 12.2. The predicted octanol–water partition coefficient (Wildman–Crippen LogP) is 5.33. The van der Waals surface area contributed by atoms with E-state index in [0.29, 0.717) is 0 Å². The normalized spacial score (nSPS) is 13.7. The number of halogens is 2. The minimum absolute atomic E-state index is 0.0253. The summed E-state index contributed by atoms with van der Waals surface area (Å²) in [4.78, 5) is 0. The molecule has 3 nitrogen and oxygen atoms in total. The van der Waals surface area contributed by atoms with E-state index in [1.807, 2.05) is 24.3 Å². The van der Waals surface area contributed by atoms with Crippen molar-refractivity contribution in [1.29, 1.82) is 5.53 Å². The molecule has 0 heterocycles. The van der Waals surface area contributed by atoms with E-state index in [1.165, 1.54) is 6.07 Å². The van der Waals surface area contributed by atoms with E-state index < -0.39 is 12.2 Å². The molecule has 0 saturated heterocycles. The van der Waals surface area contributed by atoms with Crippen LogP contribution in [0.5, 0.6) is 5.75 Å². The average Bonchev–Trinajstić information content (AvgIpc) is 2.45. The summed E-state index contributed by atoms with van der Waals surface area (Å²) in [6.07, 6.45) is -1.34. The van der Waals surface area contributed by atoms with E-state index in [9.17, 15) is 9.50 Å². The molecule has 2 atom stereocenters. The van der Waals surface area contributed by atoms with Crippen molar-refractivity contribution in [1.82, 2.24) is 0 Å². The van der Waals surface area contributed by atoms with Gasteiger partial charge in [0.2, 0.25) is 0 Å². The van der Waals surface area contributed by atoms with Crippen molar-refractivity contribution >= 4 is 15.9 Å². The van der Waals surface area contributed by atoms with E-state index in [1.54, 1.807) is 18.2 Å². The molecule has 104 valence electrons. The fourth-order valence-electron chi connectivity index (χ4n) is 2.05. The summed E-state index contributed by atoms with van der Waals surface area (Å²) >= 11 is 3.35. The van der Waals surface area contributed by atoms with Crippen LogP contribution in [0.3, 0.4) is 0 Å². The maximum absolute atomic E-state index is 14.3. The SMILES string of the molecule is N=NC(CC(F)c1ccccc1O)c1cccc(Br)c1. The zero-order chi connectivity index (χ0) is 14.5. The molecule has 0 aromatic heterocycles. The van der Waals surface area contributed by atoms with Gasteiger partial charge in [0.1, 0.15) is 11.9 Å². The summed E-state index contributed by atoms with van der Waals surface area (Å²) < 4.78 is 15.2. The summed E-state index contributed by atoms with van der Waals surface area (Å²) in [6.45, 7) is 0. The first-order valence-corrected chi connectivity index (χ1v) is 6.95. The third-order valence-corrected chi connectivity index (χ3v) is 3.59. The molecule has 20 heavy (non-hydrogen) atoms. The number of alkyl halides is 1. The molecular weight excluding hydrogens is 323 g/mol. The van der Waals surface area contributed by atoms with E-state index in [4.69, 9.17) is 5.53 Å². The number of benzene rings is 2. The van der Waals surface area contributed by atoms with Crippen LogP contribution in [0.4, 0.5) is 4.39 Å². The molecule has 0 aliphatic rings. The largest absolute Gasteiger partial charge is 0.508 e. The van der Waals surface area contributed by atoms with Crippen LogP contribution in [0.15, 0.2) is 58.1 Å². The molecule has 0 radical (unpaired) electrons. The lowest BCUT2D eigenvalue weighted by Crippen LogP contribution is -2.01. The summed E-state index contributed by atoms with van der Waals surface area (Å²) in [7, 11) is 0. The van der Waals surface area contributed by atoms with Crippen molar-refractivity contribution < 1.29 is 9.50 Å². The Balaban J connectivity index is 2.18. The second-order valence-corrected chi connectivity index (χ2v) is 5.38. The van der Waals surface area contributed by atoms with E-state index in [2.05, 4.69) is 21.0 Å². The minimum atomic E-state index is -1.37. The Bertz CT molecular complexity index is 606. The van der Waals surface area contributed by atoms with Gasteiger partial charge in [0.15, 0.2) is 0 Å². The number of para-hydroxylation sites is 1. The first-order chi connectivity index (χ1) is 9.61. The molecule has 0 saturated carbocycles. The highest BCUT2D eigenvalue weighted by atomic mass is 79.9. The number of rotatable bonds is 5. The smallest absolute Gasteiger partial charge is 0.131 e. The molecule has 0 aliphatic carbocycles. The number of nitrogens with one attached hydrogen (secondary N) is 1. The quantitative estimate of drug-likeness (QED) is 0.712. The Kier molecular flexibility index (Phi) is 4.84. The molecule has 0 bridgehead atoms. The van der Waals surface area contributed by atoms with Gasteiger partial charge in [0, 0.05) is 16.5 Å². The average molecular weight is 337 g/mol. The van der Waals surface area contributed by atoms with Crippen LogP contribution >= 0.6 is 15.9 Å². The van der Waals surface area contributed by atoms with Crippen LogP contribution in [-0.4, -0.2) is 5.11 Å². The molecular formula is C15H14BrFN2O. The van der Waals surface area contributed by atoms with Gasteiger partial charge in [-0.05, 0) is 23.8 Å². The van der Waals surface area contributed by atoms with Crippen molar-refractivity contribution in [2.24, 2.45) is 5.11 Å². The summed E-state index contributed by atoms with van der Waals surface area (Å²) in [5.74, 6) is -0.0713. The van der Waals surface area contributed by atoms with Gasteiger partial charge in [-0.15, -0.1) is 0 Å². The van der Waals surface area contributed by atoms with Gasteiger partial charge >= 0.3 is 0 Å². The number of phenolic OH excluding ortho intramolecular Hbond substituents is 1. The van der Waals surface area contributed by atoms with Gasteiger partial charge in [-0.1, -0.05) is 46.3 Å². The van der Waals surface area contributed by atoms with Gasteiger partial charge in [0.05, 0.1) is 6.04 Å². The van der Waals surface area contributed by atoms with Crippen LogP contribution in [0, 0.1) is 5.53 Å². The third-order valence-electron chi connectivity index (χ3n) is 3.09. The molecule has 0 fully saturated rings. The molecule has 0 spiro atoms. The summed E-state index contributed by atoms with van der Waals surface area (Å²) in [5, 5.41) is 13.2. The van der Waals surface area contributed by atoms with E-state index in [0.717, 1.165) is 10.0 Å². The van der Waals surface area contributed by atoms with Gasteiger partial charge in [-0.3, -0.25) is 0 Å². The lowest BCUT2D eigenvalue weighted by molar-refractivity contribution is 0.291. The first-order valence-electron chi connectivity index (χ1n) is 6.16. The Hall–Kier alpha value is -1.75. The lowest BCUT2D eigenvalue weighted by atomic mass is 9.98. The highest BCUT2D eigenvalue weighted by Gasteiger charge is 2.21. The third kappa shape index (κ3) is 3.42. The first kappa shape index (κ1) is 14.7. The van der Waals surface area contributed by atoms with E-state index >= 15 is 0 Å². The van der Waals surface area contributed by atoms with Crippen molar-refractivity contribution in [2.45, 2.75) is 18.6 Å². The van der Waals surface area contributed by atoms with Crippen LogP contribution in [0.2, 0.25) is 0 Å². The monoisotopic (exact) mass is 336 g/mol. The Morgan fingerprint density at radius 1 is 1.20 bits per heavy atom. The number of phenols is 1. The summed E-state index contributed by atoms with van der Waals surface area (Å²) in [6, 6.07) is 13.1. The topological polar surface area (TPSA) is 56.4 Å². The van der Waals surface area contributed by atoms with Crippen molar-refractivity contribution in [3.8, 4) is 5.75 Å². The molecule has 0 amide bonds. The van der Waals surface area contributed by atoms with Crippen LogP contribution in [0.25, 0.3) is 0 Å². The fourth-order valence-corrected chi connectivity index (χ4v) is 2.47. The molecule has 2 rings (SSSR count). The highest BCUT2D eigenvalue weighted by Crippen LogP contribution is 2.36. The maximum Gasteiger partial charge on any atom is 0.131 e. The molecule has 0 aliphatic heterocycles. The lowest BCUT2D eigenvalue weighted by Gasteiger charge is -2.15. The fraction of sp³-hybridized carbons (Fsp3) is 0.200. The van der Waals surface area contributed by atoms with Crippen LogP contribution < -0.4 is 0 Å². The molecule has 2 aromatic rings. The number of nitrogens with zero attached hydrogens (tertiary/aromatic N) is 1. The molecule has 2 aromatic carbocycles. The molecule has 2 N–H and O–H groups in total. The van der Waals surface area contributed by atoms with Gasteiger partial charge in [-0.2, -0.15) is 5.11 Å². The maximum atomic E-state index is 14.3. The van der Waals surface area contributed by atoms with Gasteiger partial charge in [0.25, 0.3) is 0 Å². The van der Waals surface area contributed by atoms with Crippen molar-refractivity contribution in [3.63, 3.8) is 0 Å². The number of hydrogen-bond acceptors (Lipinski definition) is 3.